The number of piperidine rings is 2. The van der Waals surface area contributed by atoms with Gasteiger partial charge in [0.1, 0.15) is 5.82 Å². The number of amides is 1. The second-order valence-corrected chi connectivity index (χ2v) is 14.9. The number of aromatic nitrogens is 2. The van der Waals surface area contributed by atoms with E-state index in [1.54, 1.807) is 12.1 Å². The molecule has 3 aliphatic rings. The average molecular weight is 670 g/mol. The summed E-state index contributed by atoms with van der Waals surface area (Å²) in [6.07, 6.45) is 7.63. The third-order valence-corrected chi connectivity index (χ3v) is 11.8. The van der Waals surface area contributed by atoms with Gasteiger partial charge in [0, 0.05) is 43.7 Å². The van der Waals surface area contributed by atoms with Gasteiger partial charge in [0.25, 0.3) is 5.91 Å². The van der Waals surface area contributed by atoms with E-state index < -0.39 is 16.3 Å². The number of carbonyl (C=O) groups is 2. The SMILES string of the molecule is CC(=O)OS(=O)(=O)Nc1ccc(C(=O)N2CCC(CCN3[C@@H]4CC[C@H]3CC(n3c(C)nc5ccccc53)C4)(c3ccccc3)CC2)cc1. The van der Waals surface area contributed by atoms with Crippen molar-refractivity contribution in [1.29, 1.82) is 0 Å². The molecule has 11 heteroatoms. The van der Waals surface area contributed by atoms with Gasteiger partial charge in [0.2, 0.25) is 0 Å². The summed E-state index contributed by atoms with van der Waals surface area (Å²) in [5.74, 6) is 0.101. The summed E-state index contributed by atoms with van der Waals surface area (Å²) < 4.78 is 32.9. The number of aryl methyl sites for hydroxylation is 1. The van der Waals surface area contributed by atoms with Gasteiger partial charge in [0.05, 0.1) is 16.7 Å². The van der Waals surface area contributed by atoms with Gasteiger partial charge in [-0.1, -0.05) is 42.5 Å². The fourth-order valence-electron chi connectivity index (χ4n) is 8.59. The number of hydrogen-bond donors (Lipinski definition) is 1. The van der Waals surface area contributed by atoms with E-state index in [1.165, 1.54) is 36.1 Å². The monoisotopic (exact) mass is 669 g/mol. The van der Waals surface area contributed by atoms with Crippen LogP contribution in [0, 0.1) is 6.92 Å². The highest BCUT2D eigenvalue weighted by Gasteiger charge is 2.44. The first-order valence-corrected chi connectivity index (χ1v) is 18.4. The molecule has 0 aliphatic carbocycles. The van der Waals surface area contributed by atoms with Gasteiger partial charge in [0.15, 0.2) is 0 Å². The highest BCUT2D eigenvalue weighted by Crippen LogP contribution is 2.45. The lowest BCUT2D eigenvalue weighted by Gasteiger charge is -2.45. The molecule has 1 aromatic heterocycles. The zero-order valence-electron chi connectivity index (χ0n) is 27.5. The van der Waals surface area contributed by atoms with Gasteiger partial charge in [-0.25, -0.2) is 4.98 Å². The number of hydrogen-bond acceptors (Lipinski definition) is 7. The Labute approximate surface area is 282 Å². The molecular formula is C37H43N5O5S. The molecule has 1 amide bonds. The van der Waals surface area contributed by atoms with E-state index in [0.717, 1.165) is 56.9 Å². The second-order valence-electron chi connectivity index (χ2n) is 13.7. The van der Waals surface area contributed by atoms with Gasteiger partial charge in [-0.05, 0) is 106 Å². The number of anilines is 1. The molecule has 3 aliphatic heterocycles. The molecule has 252 valence electrons. The Hall–Kier alpha value is -4.22. The Morgan fingerprint density at radius 3 is 2.21 bits per heavy atom. The predicted molar refractivity (Wildman–Crippen MR) is 185 cm³/mol. The molecule has 10 nitrogen and oxygen atoms in total. The van der Waals surface area contributed by atoms with Gasteiger partial charge < -0.3 is 13.7 Å². The first kappa shape index (κ1) is 32.3. The highest BCUT2D eigenvalue weighted by molar-refractivity contribution is 7.88. The fourth-order valence-corrected chi connectivity index (χ4v) is 9.36. The number of fused-ring (bicyclic) bond motifs is 3. The van der Waals surface area contributed by atoms with Gasteiger partial charge in [-0.2, -0.15) is 8.42 Å². The van der Waals surface area contributed by atoms with E-state index in [0.29, 0.717) is 36.8 Å². The van der Waals surface area contributed by atoms with Crippen molar-refractivity contribution in [3.63, 3.8) is 0 Å². The summed E-state index contributed by atoms with van der Waals surface area (Å²) in [4.78, 5) is 34.2. The van der Waals surface area contributed by atoms with Crippen LogP contribution in [0.5, 0.6) is 0 Å². The van der Waals surface area contributed by atoms with Crippen molar-refractivity contribution >= 4 is 38.9 Å². The zero-order chi connectivity index (χ0) is 33.5. The Morgan fingerprint density at radius 1 is 0.896 bits per heavy atom. The van der Waals surface area contributed by atoms with Crippen molar-refractivity contribution in [1.82, 2.24) is 19.4 Å². The number of rotatable bonds is 9. The summed E-state index contributed by atoms with van der Waals surface area (Å²) in [5, 5.41) is 0. The van der Waals surface area contributed by atoms with Crippen LogP contribution >= 0.6 is 0 Å². The molecule has 3 saturated heterocycles. The van der Waals surface area contributed by atoms with Gasteiger partial charge in [-0.15, -0.1) is 0 Å². The van der Waals surface area contributed by atoms with E-state index in [1.807, 2.05) is 4.90 Å². The average Bonchev–Trinajstić information content (AvgIpc) is 3.53. The molecule has 0 radical (unpaired) electrons. The number of nitrogens with one attached hydrogen (secondary N) is 1. The van der Waals surface area contributed by atoms with Crippen LogP contribution in [0.4, 0.5) is 5.69 Å². The Balaban J connectivity index is 1.01. The van der Waals surface area contributed by atoms with Crippen LogP contribution < -0.4 is 4.72 Å². The smallest absolute Gasteiger partial charge is 0.339 e. The summed E-state index contributed by atoms with van der Waals surface area (Å²) in [7, 11) is -4.27. The van der Waals surface area contributed by atoms with Crippen LogP contribution in [0.25, 0.3) is 11.0 Å². The molecule has 4 heterocycles. The largest absolute Gasteiger partial charge is 0.409 e. The lowest BCUT2D eigenvalue weighted by atomic mass is 9.70. The van der Waals surface area contributed by atoms with Crippen molar-refractivity contribution in [3.05, 3.63) is 95.8 Å². The van der Waals surface area contributed by atoms with Gasteiger partial charge in [-0.3, -0.25) is 19.2 Å². The first-order chi connectivity index (χ1) is 23.1. The van der Waals surface area contributed by atoms with Crippen molar-refractivity contribution in [3.8, 4) is 0 Å². The minimum Gasteiger partial charge on any atom is -0.339 e. The second kappa shape index (κ2) is 13.0. The van der Waals surface area contributed by atoms with Gasteiger partial charge >= 0.3 is 16.3 Å². The predicted octanol–water partition coefficient (Wildman–Crippen LogP) is 6.00. The maximum atomic E-state index is 13.5. The number of para-hydroxylation sites is 2. The lowest BCUT2D eigenvalue weighted by Crippen LogP contribution is -2.49. The summed E-state index contributed by atoms with van der Waals surface area (Å²) >= 11 is 0. The maximum Gasteiger partial charge on any atom is 0.409 e. The molecule has 1 unspecified atom stereocenters. The van der Waals surface area contributed by atoms with Crippen LogP contribution in [-0.2, 0) is 24.7 Å². The standard InChI is InChI=1S/C37H43N5O5S/c1-26-38-34-10-6-7-11-35(34)42(26)33-24-31-16-17-32(25-33)41(31)23-20-37(29-8-4-3-5-9-29)18-21-40(22-19-37)36(44)28-12-14-30(15-13-28)39-48(45,46)47-27(2)43/h3-15,31-33,39H,16-25H2,1-2H3/t31-,32+,33?. The molecule has 4 aromatic rings. The molecule has 7 rings (SSSR count). The number of imidazole rings is 1. The fraction of sp³-hybridized carbons (Fsp3) is 0.432. The molecule has 2 bridgehead atoms. The zero-order valence-corrected chi connectivity index (χ0v) is 28.4. The van der Waals surface area contributed by atoms with Crippen molar-refractivity contribution in [2.75, 3.05) is 24.4 Å². The van der Waals surface area contributed by atoms with Crippen LogP contribution in [0.3, 0.4) is 0 Å². The molecular weight excluding hydrogens is 627 g/mol. The molecule has 3 aromatic carbocycles. The number of likely N-dealkylation sites (tertiary alicyclic amines) is 1. The minimum absolute atomic E-state index is 0.00961. The summed E-state index contributed by atoms with van der Waals surface area (Å²) in [6, 6.07) is 27.1. The minimum atomic E-state index is -4.27. The molecule has 0 spiro atoms. The maximum absolute atomic E-state index is 13.5. The van der Waals surface area contributed by atoms with Crippen molar-refractivity contribution in [2.24, 2.45) is 0 Å². The first-order valence-electron chi connectivity index (χ1n) is 17.0. The molecule has 48 heavy (non-hydrogen) atoms. The van der Waals surface area contributed by atoms with Crippen molar-refractivity contribution < 1.29 is 22.2 Å². The van der Waals surface area contributed by atoms with E-state index in [9.17, 15) is 18.0 Å². The van der Waals surface area contributed by atoms with Crippen LogP contribution in [0.15, 0.2) is 78.9 Å². The van der Waals surface area contributed by atoms with E-state index in [4.69, 9.17) is 4.98 Å². The summed E-state index contributed by atoms with van der Waals surface area (Å²) in [5.41, 5.74) is 4.37. The third kappa shape index (κ3) is 6.45. The van der Waals surface area contributed by atoms with E-state index in [-0.39, 0.29) is 17.0 Å². The normalized spacial score (nSPS) is 22.5. The quantitative estimate of drug-likeness (QED) is 0.233. The number of carbonyl (C=O) groups excluding carboxylic acids is 2. The van der Waals surface area contributed by atoms with Crippen molar-refractivity contribution in [2.45, 2.75) is 82.3 Å². The Kier molecular flexibility index (Phi) is 8.76. The molecule has 1 N–H and O–H groups in total. The topological polar surface area (TPSA) is 114 Å². The van der Waals surface area contributed by atoms with Crippen LogP contribution in [0.1, 0.15) is 79.7 Å². The lowest BCUT2D eigenvalue weighted by molar-refractivity contribution is -0.131. The Bertz CT molecular complexity index is 1890. The Morgan fingerprint density at radius 2 is 1.54 bits per heavy atom. The molecule has 0 saturated carbocycles. The molecule has 3 atom stereocenters. The highest BCUT2D eigenvalue weighted by atomic mass is 32.2. The number of benzene rings is 3. The van der Waals surface area contributed by atoms with Crippen LogP contribution in [-0.4, -0.2) is 71.4 Å². The third-order valence-electron chi connectivity index (χ3n) is 10.8. The van der Waals surface area contributed by atoms with E-state index >= 15 is 0 Å². The summed E-state index contributed by atoms with van der Waals surface area (Å²) in [6.45, 7) is 5.51. The van der Waals surface area contributed by atoms with Crippen LogP contribution in [0.2, 0.25) is 0 Å². The van der Waals surface area contributed by atoms with E-state index in [2.05, 4.69) is 79.9 Å². The number of nitrogens with zero attached hydrogens (tertiary/aromatic N) is 4. The molecule has 3 fully saturated rings.